The minimum Gasteiger partial charge on any atom is -0.457 e. The van der Waals surface area contributed by atoms with Crippen LogP contribution < -0.4 is 0 Å². The minimum atomic E-state index is -4.11. The number of ether oxygens (including phenoxy) is 2. The standard InChI is InChI=1S/C14H14O8S/c1-9(15)10-3-5-12(21-10)23(17,18)13-6-4-11(22-13)14(16)20-8-7-19-2/h3-6H,7-8H2,1-2H3. The number of ketones is 1. The highest BCUT2D eigenvalue weighted by Crippen LogP contribution is 2.25. The second-order valence-electron chi connectivity index (χ2n) is 4.43. The van der Waals surface area contributed by atoms with Crippen LogP contribution in [0.5, 0.6) is 0 Å². The molecule has 124 valence electrons. The van der Waals surface area contributed by atoms with Gasteiger partial charge in [0, 0.05) is 14.0 Å². The fourth-order valence-electron chi connectivity index (χ4n) is 1.62. The van der Waals surface area contributed by atoms with E-state index >= 15 is 0 Å². The molecule has 0 aliphatic rings. The van der Waals surface area contributed by atoms with Crippen LogP contribution in [0.3, 0.4) is 0 Å². The second-order valence-corrected chi connectivity index (χ2v) is 6.24. The monoisotopic (exact) mass is 342 g/mol. The molecule has 0 atom stereocenters. The number of rotatable bonds is 7. The molecule has 0 aliphatic carbocycles. The van der Waals surface area contributed by atoms with Crippen LogP contribution in [0.15, 0.2) is 43.3 Å². The highest BCUT2D eigenvalue weighted by atomic mass is 32.2. The molecule has 0 aromatic carbocycles. The van der Waals surface area contributed by atoms with Crippen molar-refractivity contribution in [2.75, 3.05) is 20.3 Å². The van der Waals surface area contributed by atoms with E-state index in [0.29, 0.717) is 0 Å². The van der Waals surface area contributed by atoms with Crippen molar-refractivity contribution < 1.29 is 36.3 Å². The Morgan fingerprint density at radius 3 is 2.09 bits per heavy atom. The third kappa shape index (κ3) is 3.69. The molecule has 8 nitrogen and oxygen atoms in total. The molecule has 0 spiro atoms. The van der Waals surface area contributed by atoms with Gasteiger partial charge in [-0.1, -0.05) is 0 Å². The zero-order chi connectivity index (χ0) is 17.0. The zero-order valence-corrected chi connectivity index (χ0v) is 13.2. The largest absolute Gasteiger partial charge is 0.457 e. The van der Waals surface area contributed by atoms with Gasteiger partial charge in [0.25, 0.3) is 9.84 Å². The molecule has 2 rings (SSSR count). The number of esters is 1. The van der Waals surface area contributed by atoms with E-state index in [1.165, 1.54) is 26.2 Å². The Morgan fingerprint density at radius 2 is 1.57 bits per heavy atom. The maximum atomic E-state index is 12.3. The van der Waals surface area contributed by atoms with Gasteiger partial charge in [0.15, 0.2) is 11.5 Å². The van der Waals surface area contributed by atoms with Crippen LogP contribution in [-0.4, -0.2) is 40.5 Å². The van der Waals surface area contributed by atoms with Crippen molar-refractivity contribution in [3.8, 4) is 0 Å². The lowest BCUT2D eigenvalue weighted by Gasteiger charge is -2.01. The van der Waals surface area contributed by atoms with Crippen LogP contribution in [-0.2, 0) is 19.3 Å². The smallest absolute Gasteiger partial charge is 0.374 e. The number of Topliss-reactive ketones (excluding diaryl/α,β-unsaturated/α-hetero) is 1. The molecule has 0 saturated carbocycles. The number of furan rings is 2. The Labute approximate surface area is 131 Å². The minimum absolute atomic E-state index is 0.0122. The van der Waals surface area contributed by atoms with E-state index in [9.17, 15) is 18.0 Å². The molecule has 2 aromatic heterocycles. The molecule has 0 aliphatic heterocycles. The summed E-state index contributed by atoms with van der Waals surface area (Å²) < 4.78 is 44.1. The van der Waals surface area contributed by atoms with Gasteiger partial charge in [-0.25, -0.2) is 13.2 Å². The summed E-state index contributed by atoms with van der Waals surface area (Å²) in [6.45, 7) is 1.46. The van der Waals surface area contributed by atoms with Gasteiger partial charge in [-0.15, -0.1) is 0 Å². The SMILES string of the molecule is COCCOC(=O)c1ccc(S(=O)(=O)c2ccc(C(C)=O)o2)o1. The molecular formula is C14H14O8S. The molecule has 9 heteroatoms. The number of hydrogen-bond acceptors (Lipinski definition) is 8. The summed E-state index contributed by atoms with van der Waals surface area (Å²) in [5.41, 5.74) is 0. The Bertz CT molecular complexity index is 811. The lowest BCUT2D eigenvalue weighted by atomic mass is 10.3. The van der Waals surface area contributed by atoms with Crippen molar-refractivity contribution in [3.63, 3.8) is 0 Å². The van der Waals surface area contributed by atoms with Crippen molar-refractivity contribution in [2.24, 2.45) is 0 Å². The summed E-state index contributed by atoms with van der Waals surface area (Å²) in [5.74, 6) is -1.58. The van der Waals surface area contributed by atoms with Crippen molar-refractivity contribution in [3.05, 3.63) is 35.8 Å². The molecule has 2 aromatic rings. The summed E-state index contributed by atoms with van der Waals surface area (Å²) in [6.07, 6.45) is 0. The lowest BCUT2D eigenvalue weighted by molar-refractivity contribution is 0.0349. The molecule has 0 saturated heterocycles. The summed E-state index contributed by atoms with van der Waals surface area (Å²) >= 11 is 0. The summed E-state index contributed by atoms with van der Waals surface area (Å²) in [6, 6.07) is 4.68. The maximum Gasteiger partial charge on any atom is 0.374 e. The van der Waals surface area contributed by atoms with Gasteiger partial charge >= 0.3 is 5.97 Å². The molecule has 0 fully saturated rings. The zero-order valence-electron chi connectivity index (χ0n) is 12.4. The summed E-state index contributed by atoms with van der Waals surface area (Å²) in [5, 5.41) is -0.933. The van der Waals surface area contributed by atoms with Gasteiger partial charge in [0.2, 0.25) is 15.9 Å². The van der Waals surface area contributed by atoms with E-state index in [0.717, 1.165) is 12.1 Å². The third-order valence-corrected chi connectivity index (χ3v) is 4.26. The average molecular weight is 342 g/mol. The molecular weight excluding hydrogens is 328 g/mol. The van der Waals surface area contributed by atoms with Gasteiger partial charge in [0.05, 0.1) is 6.61 Å². The highest BCUT2D eigenvalue weighted by molar-refractivity contribution is 7.91. The molecule has 23 heavy (non-hydrogen) atoms. The Kier molecular flexibility index (Phi) is 5.02. The summed E-state index contributed by atoms with van der Waals surface area (Å²) in [7, 11) is -2.66. The topological polar surface area (TPSA) is 113 Å². The van der Waals surface area contributed by atoms with E-state index in [4.69, 9.17) is 18.3 Å². The van der Waals surface area contributed by atoms with Crippen LogP contribution in [0.25, 0.3) is 0 Å². The Hall–Kier alpha value is -2.39. The molecule has 0 unspecified atom stereocenters. The predicted octanol–water partition coefficient (Wildman–Crippen LogP) is 1.71. The lowest BCUT2D eigenvalue weighted by Crippen LogP contribution is -2.09. The van der Waals surface area contributed by atoms with Crippen molar-refractivity contribution in [1.29, 1.82) is 0 Å². The fraction of sp³-hybridized carbons (Fsp3) is 0.286. The van der Waals surface area contributed by atoms with Crippen LogP contribution in [0.2, 0.25) is 0 Å². The first kappa shape index (κ1) is 17.0. The average Bonchev–Trinajstić information content (AvgIpc) is 3.17. The molecule has 0 radical (unpaired) electrons. The number of sulfone groups is 1. The van der Waals surface area contributed by atoms with E-state index < -0.39 is 31.8 Å². The maximum absolute atomic E-state index is 12.3. The molecule has 0 N–H and O–H groups in total. The Balaban J connectivity index is 2.21. The molecule has 2 heterocycles. The van der Waals surface area contributed by atoms with Gasteiger partial charge < -0.3 is 18.3 Å². The van der Waals surface area contributed by atoms with Crippen LogP contribution in [0, 0.1) is 0 Å². The van der Waals surface area contributed by atoms with E-state index in [1.807, 2.05) is 0 Å². The van der Waals surface area contributed by atoms with E-state index in [-0.39, 0.29) is 24.7 Å². The van der Waals surface area contributed by atoms with Gasteiger partial charge in [0.1, 0.15) is 6.61 Å². The predicted molar refractivity (Wildman–Crippen MR) is 75.0 cm³/mol. The van der Waals surface area contributed by atoms with Crippen LogP contribution >= 0.6 is 0 Å². The summed E-state index contributed by atoms with van der Waals surface area (Å²) in [4.78, 5) is 22.8. The van der Waals surface area contributed by atoms with Gasteiger partial charge in [-0.3, -0.25) is 4.79 Å². The van der Waals surface area contributed by atoms with Crippen LogP contribution in [0.4, 0.5) is 0 Å². The van der Waals surface area contributed by atoms with Crippen molar-refractivity contribution >= 4 is 21.6 Å². The Morgan fingerprint density at radius 1 is 1.00 bits per heavy atom. The normalized spacial score (nSPS) is 11.4. The first-order valence-corrected chi connectivity index (χ1v) is 7.96. The van der Waals surface area contributed by atoms with E-state index in [1.54, 1.807) is 0 Å². The third-order valence-electron chi connectivity index (χ3n) is 2.76. The van der Waals surface area contributed by atoms with Crippen molar-refractivity contribution in [1.82, 2.24) is 0 Å². The van der Waals surface area contributed by atoms with Crippen molar-refractivity contribution in [2.45, 2.75) is 17.1 Å². The van der Waals surface area contributed by atoms with Gasteiger partial charge in [-0.2, -0.15) is 0 Å². The van der Waals surface area contributed by atoms with Gasteiger partial charge in [-0.05, 0) is 24.3 Å². The van der Waals surface area contributed by atoms with Crippen LogP contribution in [0.1, 0.15) is 28.0 Å². The highest BCUT2D eigenvalue weighted by Gasteiger charge is 2.27. The molecule has 0 amide bonds. The number of methoxy groups -OCH3 is 1. The number of hydrogen-bond donors (Lipinski definition) is 0. The number of carbonyl (C=O) groups is 2. The second kappa shape index (κ2) is 6.80. The molecule has 0 bridgehead atoms. The first-order chi connectivity index (χ1) is 10.9. The quantitative estimate of drug-likeness (QED) is 0.424. The first-order valence-electron chi connectivity index (χ1n) is 6.48. The van der Waals surface area contributed by atoms with E-state index in [2.05, 4.69) is 0 Å². The number of carbonyl (C=O) groups excluding carboxylic acids is 2. The fourth-order valence-corrected chi connectivity index (χ4v) is 2.71.